The normalized spacial score (nSPS) is 10.1. The fourth-order valence-corrected chi connectivity index (χ4v) is 1.93. The highest BCUT2D eigenvalue weighted by Crippen LogP contribution is 2.17. The standard InChI is InChI=1S/C16H13FN2O4/c17-12-6-4-11(5-7-12)15(20)8-9-16(21)18-13-2-1-3-14(10-13)19(22)23/h1-7,10H,8-9H2,(H,18,21). The number of nitrogens with zero attached hydrogens (tertiary/aromatic N) is 1. The number of carbonyl (C=O) groups excluding carboxylic acids is 2. The van der Waals surface area contributed by atoms with Crippen LogP contribution in [0.3, 0.4) is 0 Å². The number of halogens is 1. The van der Waals surface area contributed by atoms with Crippen LogP contribution in [0.25, 0.3) is 0 Å². The minimum atomic E-state index is -0.562. The van der Waals surface area contributed by atoms with Gasteiger partial charge in [-0.25, -0.2) is 4.39 Å². The predicted molar refractivity (Wildman–Crippen MR) is 81.7 cm³/mol. The number of nitrogens with one attached hydrogen (secondary N) is 1. The average molecular weight is 316 g/mol. The largest absolute Gasteiger partial charge is 0.326 e. The van der Waals surface area contributed by atoms with Crippen LogP contribution >= 0.6 is 0 Å². The number of carbonyl (C=O) groups is 2. The highest BCUT2D eigenvalue weighted by Gasteiger charge is 2.11. The van der Waals surface area contributed by atoms with Crippen LogP contribution < -0.4 is 5.32 Å². The maximum atomic E-state index is 12.8. The number of nitro benzene ring substituents is 1. The average Bonchev–Trinajstić information content (AvgIpc) is 2.53. The Labute approximate surface area is 131 Å². The number of hydrogen-bond acceptors (Lipinski definition) is 4. The van der Waals surface area contributed by atoms with Gasteiger partial charge in [-0.15, -0.1) is 0 Å². The van der Waals surface area contributed by atoms with Crippen molar-refractivity contribution in [1.82, 2.24) is 0 Å². The van der Waals surface area contributed by atoms with Crippen molar-refractivity contribution in [1.29, 1.82) is 0 Å². The van der Waals surface area contributed by atoms with Crippen LogP contribution in [0.5, 0.6) is 0 Å². The molecule has 0 fully saturated rings. The molecule has 118 valence electrons. The van der Waals surface area contributed by atoms with Gasteiger partial charge >= 0.3 is 0 Å². The lowest BCUT2D eigenvalue weighted by atomic mass is 10.1. The molecule has 23 heavy (non-hydrogen) atoms. The SMILES string of the molecule is O=C(CCC(=O)c1ccc(F)cc1)Nc1cccc([N+](=O)[O-])c1. The van der Waals surface area contributed by atoms with Crippen molar-refractivity contribution in [3.8, 4) is 0 Å². The van der Waals surface area contributed by atoms with Crippen LogP contribution in [-0.2, 0) is 4.79 Å². The van der Waals surface area contributed by atoms with Gasteiger partial charge < -0.3 is 5.32 Å². The molecular weight excluding hydrogens is 303 g/mol. The van der Waals surface area contributed by atoms with Gasteiger partial charge in [0.15, 0.2) is 5.78 Å². The molecule has 0 saturated carbocycles. The highest BCUT2D eigenvalue weighted by atomic mass is 19.1. The Kier molecular flexibility index (Phi) is 5.14. The third kappa shape index (κ3) is 4.70. The maximum absolute atomic E-state index is 12.8. The second-order valence-electron chi connectivity index (χ2n) is 4.79. The Hall–Kier alpha value is -3.09. The van der Waals surface area contributed by atoms with E-state index in [1.54, 1.807) is 0 Å². The molecule has 0 aliphatic rings. The zero-order valence-electron chi connectivity index (χ0n) is 12.0. The number of nitro groups is 1. The van der Waals surface area contributed by atoms with Gasteiger partial charge in [-0.3, -0.25) is 19.7 Å². The summed E-state index contributed by atoms with van der Waals surface area (Å²) in [6, 6.07) is 10.6. The molecule has 1 N–H and O–H groups in total. The summed E-state index contributed by atoms with van der Waals surface area (Å²) in [5.74, 6) is -1.15. The van der Waals surface area contributed by atoms with E-state index >= 15 is 0 Å². The number of rotatable bonds is 6. The lowest BCUT2D eigenvalue weighted by molar-refractivity contribution is -0.384. The highest BCUT2D eigenvalue weighted by molar-refractivity contribution is 6.00. The van der Waals surface area contributed by atoms with Gasteiger partial charge in [-0.2, -0.15) is 0 Å². The topological polar surface area (TPSA) is 89.3 Å². The summed E-state index contributed by atoms with van der Waals surface area (Å²) < 4.78 is 12.8. The van der Waals surface area contributed by atoms with Gasteiger partial charge in [0.1, 0.15) is 5.82 Å². The van der Waals surface area contributed by atoms with Gasteiger partial charge in [0.2, 0.25) is 5.91 Å². The molecule has 2 rings (SSSR count). The molecule has 0 spiro atoms. The summed E-state index contributed by atoms with van der Waals surface area (Å²) in [5, 5.41) is 13.2. The molecule has 0 bridgehead atoms. The smallest absolute Gasteiger partial charge is 0.271 e. The first kappa shape index (κ1) is 16.3. The molecule has 0 radical (unpaired) electrons. The number of ketones is 1. The molecule has 0 heterocycles. The molecule has 0 atom stereocenters. The zero-order chi connectivity index (χ0) is 16.8. The van der Waals surface area contributed by atoms with Crippen molar-refractivity contribution in [3.05, 3.63) is 70.0 Å². The summed E-state index contributed by atoms with van der Waals surface area (Å²) in [6.07, 6.45) is -0.106. The van der Waals surface area contributed by atoms with Crippen molar-refractivity contribution < 1.29 is 18.9 Å². The van der Waals surface area contributed by atoms with Gasteiger partial charge in [0.05, 0.1) is 4.92 Å². The van der Waals surface area contributed by atoms with Crippen molar-refractivity contribution >= 4 is 23.1 Å². The van der Waals surface area contributed by atoms with Gasteiger partial charge in [-0.05, 0) is 30.3 Å². The Bertz CT molecular complexity index is 744. The quantitative estimate of drug-likeness (QED) is 0.503. The molecule has 0 aliphatic heterocycles. The fourth-order valence-electron chi connectivity index (χ4n) is 1.93. The molecule has 0 unspecified atom stereocenters. The van der Waals surface area contributed by atoms with E-state index in [0.717, 1.165) is 0 Å². The first-order valence-corrected chi connectivity index (χ1v) is 6.79. The third-order valence-electron chi connectivity index (χ3n) is 3.09. The summed E-state index contributed by atoms with van der Waals surface area (Å²) >= 11 is 0. The molecule has 2 aromatic carbocycles. The number of benzene rings is 2. The van der Waals surface area contributed by atoms with E-state index in [9.17, 15) is 24.1 Å². The number of anilines is 1. The van der Waals surface area contributed by atoms with Crippen LogP contribution in [0, 0.1) is 15.9 Å². The zero-order valence-corrected chi connectivity index (χ0v) is 12.0. The van der Waals surface area contributed by atoms with E-state index in [4.69, 9.17) is 0 Å². The minimum absolute atomic E-state index is 0.0353. The number of hydrogen-bond donors (Lipinski definition) is 1. The van der Waals surface area contributed by atoms with Gasteiger partial charge in [-0.1, -0.05) is 6.07 Å². The summed E-state index contributed by atoms with van der Waals surface area (Å²) in [7, 11) is 0. The summed E-state index contributed by atoms with van der Waals surface area (Å²) in [4.78, 5) is 33.7. The van der Waals surface area contributed by atoms with E-state index in [0.29, 0.717) is 11.3 Å². The molecule has 0 saturated heterocycles. The van der Waals surface area contributed by atoms with Crippen LogP contribution in [0.15, 0.2) is 48.5 Å². The van der Waals surface area contributed by atoms with Crippen LogP contribution in [0.2, 0.25) is 0 Å². The molecule has 1 amide bonds. The van der Waals surface area contributed by atoms with Crippen molar-refractivity contribution in [3.63, 3.8) is 0 Å². The van der Waals surface area contributed by atoms with Crippen LogP contribution in [0.4, 0.5) is 15.8 Å². The fraction of sp³-hybridized carbons (Fsp3) is 0.125. The van der Waals surface area contributed by atoms with Gasteiger partial charge in [0.25, 0.3) is 5.69 Å². The Morgan fingerprint density at radius 2 is 1.78 bits per heavy atom. The summed E-state index contributed by atoms with van der Waals surface area (Å²) in [6.45, 7) is 0. The van der Waals surface area contributed by atoms with Crippen molar-refractivity contribution in [2.24, 2.45) is 0 Å². The summed E-state index contributed by atoms with van der Waals surface area (Å²) in [5.41, 5.74) is 0.484. The lowest BCUT2D eigenvalue weighted by Gasteiger charge is -2.05. The lowest BCUT2D eigenvalue weighted by Crippen LogP contribution is -2.13. The second kappa shape index (κ2) is 7.26. The first-order valence-electron chi connectivity index (χ1n) is 6.79. The van der Waals surface area contributed by atoms with Gasteiger partial charge in [0, 0.05) is 36.2 Å². The monoisotopic (exact) mass is 316 g/mol. The van der Waals surface area contributed by atoms with Crippen molar-refractivity contribution in [2.75, 3.05) is 5.32 Å². The Morgan fingerprint density at radius 1 is 1.09 bits per heavy atom. The molecule has 7 heteroatoms. The molecule has 6 nitrogen and oxygen atoms in total. The Morgan fingerprint density at radius 3 is 2.43 bits per heavy atom. The number of amides is 1. The third-order valence-corrected chi connectivity index (χ3v) is 3.09. The molecule has 2 aromatic rings. The number of non-ortho nitro benzene ring substituents is 1. The van der Waals surface area contributed by atoms with E-state index in [1.807, 2.05) is 0 Å². The number of Topliss-reactive ketones (excluding diaryl/α,β-unsaturated/α-hetero) is 1. The minimum Gasteiger partial charge on any atom is -0.326 e. The van der Waals surface area contributed by atoms with Crippen molar-refractivity contribution in [2.45, 2.75) is 12.8 Å². The first-order chi connectivity index (χ1) is 11.0. The maximum Gasteiger partial charge on any atom is 0.271 e. The Balaban J connectivity index is 1.90. The predicted octanol–water partition coefficient (Wildman–Crippen LogP) is 3.34. The van der Waals surface area contributed by atoms with Crippen LogP contribution in [-0.4, -0.2) is 16.6 Å². The second-order valence-corrected chi connectivity index (χ2v) is 4.79. The van der Waals surface area contributed by atoms with Crippen LogP contribution in [0.1, 0.15) is 23.2 Å². The van der Waals surface area contributed by atoms with E-state index in [1.165, 1.54) is 48.5 Å². The van der Waals surface area contributed by atoms with E-state index < -0.39 is 16.6 Å². The van der Waals surface area contributed by atoms with E-state index in [-0.39, 0.29) is 24.3 Å². The molecular formula is C16H13FN2O4. The molecule has 0 aliphatic carbocycles. The molecule has 0 aromatic heterocycles. The van der Waals surface area contributed by atoms with E-state index in [2.05, 4.69) is 5.32 Å².